The first-order chi connectivity index (χ1) is 13.8. The molecule has 1 unspecified atom stereocenters. The van der Waals surface area contributed by atoms with Gasteiger partial charge in [-0.05, 0) is 25.1 Å². The molecule has 0 saturated heterocycles. The monoisotopic (exact) mass is 435 g/mol. The van der Waals surface area contributed by atoms with Crippen molar-refractivity contribution in [2.75, 3.05) is 7.05 Å². The van der Waals surface area contributed by atoms with Gasteiger partial charge in [0.2, 0.25) is 0 Å². The summed E-state index contributed by atoms with van der Waals surface area (Å²) >= 11 is 12.3. The molecule has 152 valence electrons. The number of nitrogens with zero attached hydrogens (tertiary/aromatic N) is 2. The number of aliphatic hydroxyl groups excluding tert-OH is 1. The van der Waals surface area contributed by atoms with Crippen LogP contribution in [-0.4, -0.2) is 38.9 Å². The van der Waals surface area contributed by atoms with Crippen molar-refractivity contribution in [2.45, 2.75) is 13.0 Å². The number of carbonyl (C=O) groups is 2. The molecule has 0 aliphatic rings. The number of amides is 1. The van der Waals surface area contributed by atoms with E-state index in [4.69, 9.17) is 23.2 Å². The summed E-state index contributed by atoms with van der Waals surface area (Å²) in [6.07, 6.45) is 2.63. The minimum atomic E-state index is -2.00. The Balaban J connectivity index is 3.01. The number of aliphatic hydroxyl groups is 1. The molecule has 2 aromatic rings. The maximum Gasteiger partial charge on any atom is 0.337 e. The number of rotatable bonds is 7. The number of benzene rings is 1. The molecule has 29 heavy (non-hydrogen) atoms. The molecule has 0 bridgehead atoms. The van der Waals surface area contributed by atoms with Gasteiger partial charge in [-0.1, -0.05) is 54.1 Å². The Bertz CT molecular complexity index is 1010. The minimum Gasteiger partial charge on any atom is -0.479 e. The van der Waals surface area contributed by atoms with E-state index in [0.717, 1.165) is 0 Å². The summed E-state index contributed by atoms with van der Waals surface area (Å²) in [5, 5.41) is 27.2. The van der Waals surface area contributed by atoms with Crippen LogP contribution in [0.25, 0.3) is 17.0 Å². The molecule has 1 aromatic heterocycles. The zero-order valence-electron chi connectivity index (χ0n) is 15.7. The average molecular weight is 436 g/mol. The lowest BCUT2D eigenvalue weighted by molar-refractivity contribution is -0.146. The summed E-state index contributed by atoms with van der Waals surface area (Å²) < 4.78 is 1.30. The minimum absolute atomic E-state index is 0.172. The SMILES string of the molecule is C=C/C=C(\C(Cl)=C/C)n1nc(C(=O)NC)c(C(O)C(=O)O)c1-c1ccc(Cl)cc1. The van der Waals surface area contributed by atoms with Gasteiger partial charge in [0.15, 0.2) is 11.8 Å². The number of halogens is 2. The highest BCUT2D eigenvalue weighted by Crippen LogP contribution is 2.36. The summed E-state index contributed by atoms with van der Waals surface area (Å²) in [5.41, 5.74) is 0.576. The molecule has 2 rings (SSSR count). The average Bonchev–Trinajstić information content (AvgIpc) is 3.10. The van der Waals surface area contributed by atoms with E-state index < -0.39 is 18.0 Å². The number of carboxylic acid groups (broad SMARTS) is 1. The van der Waals surface area contributed by atoms with Crippen LogP contribution in [0.15, 0.2) is 54.1 Å². The van der Waals surface area contributed by atoms with E-state index in [1.807, 2.05) is 0 Å². The van der Waals surface area contributed by atoms with Crippen LogP contribution in [0.1, 0.15) is 29.1 Å². The number of aromatic nitrogens is 2. The van der Waals surface area contributed by atoms with Crippen molar-refractivity contribution in [2.24, 2.45) is 0 Å². The summed E-state index contributed by atoms with van der Waals surface area (Å²) in [5.74, 6) is -2.19. The van der Waals surface area contributed by atoms with Crippen LogP contribution in [0.3, 0.4) is 0 Å². The molecule has 7 nitrogen and oxygen atoms in total. The summed E-state index contributed by atoms with van der Waals surface area (Å²) in [7, 11) is 1.37. The zero-order chi connectivity index (χ0) is 21.7. The first-order valence-electron chi connectivity index (χ1n) is 8.43. The molecule has 1 heterocycles. The molecule has 0 aliphatic heterocycles. The van der Waals surface area contributed by atoms with Crippen LogP contribution >= 0.6 is 23.2 Å². The van der Waals surface area contributed by atoms with E-state index in [2.05, 4.69) is 17.0 Å². The maximum absolute atomic E-state index is 12.4. The van der Waals surface area contributed by atoms with Crippen LogP contribution in [-0.2, 0) is 4.79 Å². The molecule has 0 aliphatic carbocycles. The second-order valence-corrected chi connectivity index (χ2v) is 6.62. The summed E-state index contributed by atoms with van der Waals surface area (Å²) in [4.78, 5) is 24.0. The summed E-state index contributed by atoms with van der Waals surface area (Å²) in [6, 6.07) is 6.44. The number of allylic oxidation sites excluding steroid dienone is 5. The van der Waals surface area contributed by atoms with E-state index in [9.17, 15) is 19.8 Å². The Morgan fingerprint density at radius 2 is 1.93 bits per heavy atom. The highest BCUT2D eigenvalue weighted by molar-refractivity contribution is 6.35. The lowest BCUT2D eigenvalue weighted by Gasteiger charge is -2.14. The largest absolute Gasteiger partial charge is 0.479 e. The van der Waals surface area contributed by atoms with Crippen LogP contribution in [0.4, 0.5) is 0 Å². The van der Waals surface area contributed by atoms with Gasteiger partial charge in [-0.15, -0.1) is 0 Å². The fraction of sp³-hybridized carbons (Fsp3) is 0.150. The van der Waals surface area contributed by atoms with Gasteiger partial charge in [-0.3, -0.25) is 4.79 Å². The van der Waals surface area contributed by atoms with Gasteiger partial charge in [0, 0.05) is 17.6 Å². The van der Waals surface area contributed by atoms with Crippen LogP contribution in [0, 0.1) is 0 Å². The third kappa shape index (κ3) is 4.59. The molecule has 3 N–H and O–H groups in total. The van der Waals surface area contributed by atoms with Gasteiger partial charge < -0.3 is 15.5 Å². The predicted molar refractivity (Wildman–Crippen MR) is 113 cm³/mol. The van der Waals surface area contributed by atoms with E-state index in [1.54, 1.807) is 43.3 Å². The van der Waals surface area contributed by atoms with E-state index >= 15 is 0 Å². The Labute approximate surface area is 177 Å². The number of nitrogens with one attached hydrogen (secondary N) is 1. The Morgan fingerprint density at radius 1 is 1.31 bits per heavy atom. The fourth-order valence-corrected chi connectivity index (χ4v) is 2.94. The fourth-order valence-electron chi connectivity index (χ4n) is 2.67. The van der Waals surface area contributed by atoms with Crippen molar-refractivity contribution in [3.8, 4) is 11.3 Å². The topological polar surface area (TPSA) is 104 Å². The number of hydrogen-bond donors (Lipinski definition) is 3. The molecular formula is C20H19Cl2N3O4. The van der Waals surface area contributed by atoms with Crippen molar-refractivity contribution in [3.05, 3.63) is 70.4 Å². The lowest BCUT2D eigenvalue weighted by Crippen LogP contribution is -2.22. The van der Waals surface area contributed by atoms with Crippen LogP contribution in [0.2, 0.25) is 5.02 Å². The molecular weight excluding hydrogens is 417 g/mol. The van der Waals surface area contributed by atoms with E-state index in [1.165, 1.54) is 17.8 Å². The molecule has 1 atom stereocenters. The number of carbonyl (C=O) groups excluding carboxylic acids is 1. The standard InChI is InChI=1S/C20H19Cl2N3O4/c1-4-6-14(13(22)5-2)25-17(11-7-9-12(21)10-8-11)15(18(26)20(28)29)16(24-25)19(27)23-3/h4-10,18,26H,1H2,2-3H3,(H,23,27)(H,28,29)/b13-5+,14-6+. The quantitative estimate of drug-likeness (QED) is 0.572. The van der Waals surface area contributed by atoms with Crippen LogP contribution in [0.5, 0.6) is 0 Å². The van der Waals surface area contributed by atoms with Crippen molar-refractivity contribution in [1.29, 1.82) is 0 Å². The van der Waals surface area contributed by atoms with Crippen molar-refractivity contribution in [3.63, 3.8) is 0 Å². The number of aliphatic carboxylic acids is 1. The van der Waals surface area contributed by atoms with Gasteiger partial charge in [-0.2, -0.15) is 5.10 Å². The first-order valence-corrected chi connectivity index (χ1v) is 9.19. The third-order valence-corrected chi connectivity index (χ3v) is 4.66. The highest BCUT2D eigenvalue weighted by atomic mass is 35.5. The number of carboxylic acids is 1. The van der Waals surface area contributed by atoms with Crippen molar-refractivity contribution < 1.29 is 19.8 Å². The van der Waals surface area contributed by atoms with Gasteiger partial charge in [0.25, 0.3) is 5.91 Å². The zero-order valence-corrected chi connectivity index (χ0v) is 17.2. The van der Waals surface area contributed by atoms with Crippen molar-refractivity contribution in [1.82, 2.24) is 15.1 Å². The Morgan fingerprint density at radius 3 is 2.41 bits per heavy atom. The number of hydrogen-bond acceptors (Lipinski definition) is 4. The Hall–Kier alpha value is -2.87. The molecule has 1 amide bonds. The highest BCUT2D eigenvalue weighted by Gasteiger charge is 2.33. The normalized spacial score (nSPS) is 13.1. The first kappa shape index (κ1) is 22.4. The molecule has 0 saturated carbocycles. The van der Waals surface area contributed by atoms with Gasteiger partial charge in [-0.25, -0.2) is 9.48 Å². The lowest BCUT2D eigenvalue weighted by atomic mass is 10.00. The van der Waals surface area contributed by atoms with E-state index in [0.29, 0.717) is 16.3 Å². The second-order valence-electron chi connectivity index (χ2n) is 5.77. The Kier molecular flexibility index (Phi) is 7.39. The van der Waals surface area contributed by atoms with Gasteiger partial charge in [0.05, 0.1) is 22.0 Å². The van der Waals surface area contributed by atoms with Gasteiger partial charge in [0.1, 0.15) is 0 Å². The third-order valence-electron chi connectivity index (χ3n) is 3.99. The predicted octanol–water partition coefficient (Wildman–Crippen LogP) is 3.85. The second kappa shape index (κ2) is 9.56. The smallest absolute Gasteiger partial charge is 0.337 e. The molecule has 0 spiro atoms. The summed E-state index contributed by atoms with van der Waals surface area (Å²) in [6.45, 7) is 5.36. The van der Waals surface area contributed by atoms with Crippen molar-refractivity contribution >= 4 is 40.8 Å². The van der Waals surface area contributed by atoms with E-state index in [-0.39, 0.29) is 22.0 Å². The van der Waals surface area contributed by atoms with Gasteiger partial charge >= 0.3 is 5.97 Å². The maximum atomic E-state index is 12.4. The molecule has 9 heteroatoms. The molecule has 1 aromatic carbocycles. The van der Waals surface area contributed by atoms with Crippen LogP contribution < -0.4 is 5.32 Å². The molecule has 0 radical (unpaired) electrons. The molecule has 0 fully saturated rings.